The quantitative estimate of drug-likeness (QED) is 0.773. The van der Waals surface area contributed by atoms with Crippen molar-refractivity contribution in [2.45, 2.75) is 12.5 Å². The average molecular weight is 389 g/mol. The zero-order valence-corrected chi connectivity index (χ0v) is 13.1. The highest BCUT2D eigenvalue weighted by molar-refractivity contribution is 9.10. The fraction of sp³-hybridized carbons (Fsp3) is 0.143. The number of rotatable bonds is 3. The minimum absolute atomic E-state index is 0.303. The molecule has 19 heavy (non-hydrogen) atoms. The highest BCUT2D eigenvalue weighted by atomic mass is 79.9. The van der Waals surface area contributed by atoms with Crippen molar-refractivity contribution in [1.82, 2.24) is 0 Å². The van der Waals surface area contributed by atoms with Crippen LogP contribution in [0.2, 0.25) is 0 Å². The molecule has 5 heteroatoms. The highest BCUT2D eigenvalue weighted by Crippen LogP contribution is 2.28. The van der Waals surface area contributed by atoms with Gasteiger partial charge in [0.25, 0.3) is 0 Å². The molecule has 0 amide bonds. The minimum Gasteiger partial charge on any atom is -0.398 e. The zero-order chi connectivity index (χ0) is 14.0. The van der Waals surface area contributed by atoms with E-state index in [1.807, 2.05) is 6.07 Å². The topological polar surface area (TPSA) is 46.2 Å². The van der Waals surface area contributed by atoms with E-state index in [0.29, 0.717) is 27.7 Å². The van der Waals surface area contributed by atoms with Crippen LogP contribution in [0.1, 0.15) is 17.2 Å². The summed E-state index contributed by atoms with van der Waals surface area (Å²) in [5.41, 5.74) is 7.70. The van der Waals surface area contributed by atoms with Crippen molar-refractivity contribution >= 4 is 37.5 Å². The van der Waals surface area contributed by atoms with E-state index in [1.54, 1.807) is 18.2 Å². The Morgan fingerprint density at radius 3 is 2.53 bits per heavy atom. The van der Waals surface area contributed by atoms with Crippen LogP contribution in [0, 0.1) is 5.82 Å². The lowest BCUT2D eigenvalue weighted by molar-refractivity contribution is 0.179. The first-order valence-corrected chi connectivity index (χ1v) is 7.22. The fourth-order valence-electron chi connectivity index (χ4n) is 1.90. The molecule has 0 heterocycles. The molecule has 0 radical (unpaired) electrons. The van der Waals surface area contributed by atoms with E-state index >= 15 is 0 Å². The van der Waals surface area contributed by atoms with Gasteiger partial charge in [-0.05, 0) is 42.0 Å². The normalized spacial score (nSPS) is 12.4. The van der Waals surface area contributed by atoms with Crippen LogP contribution in [0.4, 0.5) is 10.1 Å². The van der Waals surface area contributed by atoms with E-state index in [0.717, 1.165) is 4.47 Å². The third kappa shape index (κ3) is 3.78. The molecule has 0 aliphatic carbocycles. The third-order valence-electron chi connectivity index (χ3n) is 2.76. The second-order valence-corrected chi connectivity index (χ2v) is 6.10. The van der Waals surface area contributed by atoms with Crippen molar-refractivity contribution in [3.63, 3.8) is 0 Å². The fourth-order valence-corrected chi connectivity index (χ4v) is 2.79. The molecule has 2 nitrogen and oxygen atoms in total. The number of hydrogen-bond donors (Lipinski definition) is 2. The molecular formula is C14H12Br2FNO. The number of hydrogen-bond acceptors (Lipinski definition) is 2. The molecule has 1 atom stereocenters. The van der Waals surface area contributed by atoms with Crippen molar-refractivity contribution in [1.29, 1.82) is 0 Å². The van der Waals surface area contributed by atoms with E-state index in [1.165, 1.54) is 12.1 Å². The van der Waals surface area contributed by atoms with Gasteiger partial charge in [0.15, 0.2) is 0 Å². The van der Waals surface area contributed by atoms with Gasteiger partial charge in [0.2, 0.25) is 0 Å². The van der Waals surface area contributed by atoms with Crippen LogP contribution in [0.25, 0.3) is 0 Å². The summed E-state index contributed by atoms with van der Waals surface area (Å²) in [6.45, 7) is 0. The molecule has 3 N–H and O–H groups in total. The van der Waals surface area contributed by atoms with Crippen LogP contribution in [-0.2, 0) is 6.42 Å². The molecule has 2 aromatic rings. The number of anilines is 1. The largest absolute Gasteiger partial charge is 0.398 e. The molecule has 0 saturated heterocycles. The van der Waals surface area contributed by atoms with E-state index in [-0.39, 0.29) is 5.82 Å². The SMILES string of the molecule is Nc1ccc(Br)cc1C(O)Cc1cc(F)cc(Br)c1. The summed E-state index contributed by atoms with van der Waals surface area (Å²) >= 11 is 6.57. The second-order valence-electron chi connectivity index (χ2n) is 4.27. The molecule has 2 aromatic carbocycles. The Kier molecular flexibility index (Phi) is 4.60. The molecule has 0 aliphatic rings. The Balaban J connectivity index is 2.25. The van der Waals surface area contributed by atoms with Gasteiger partial charge in [0, 0.05) is 26.6 Å². The van der Waals surface area contributed by atoms with Crippen LogP contribution >= 0.6 is 31.9 Å². The van der Waals surface area contributed by atoms with Gasteiger partial charge in [-0.2, -0.15) is 0 Å². The summed E-state index contributed by atoms with van der Waals surface area (Å²) in [4.78, 5) is 0. The molecular weight excluding hydrogens is 377 g/mol. The maximum absolute atomic E-state index is 13.3. The molecule has 0 fully saturated rings. The predicted octanol–water partition coefficient (Wildman–Crippen LogP) is 4.21. The van der Waals surface area contributed by atoms with Crippen molar-refractivity contribution < 1.29 is 9.50 Å². The van der Waals surface area contributed by atoms with E-state index in [9.17, 15) is 9.50 Å². The summed E-state index contributed by atoms with van der Waals surface area (Å²) in [6.07, 6.45) is -0.469. The molecule has 0 bridgehead atoms. The van der Waals surface area contributed by atoms with E-state index in [4.69, 9.17) is 5.73 Å². The lowest BCUT2D eigenvalue weighted by Gasteiger charge is -2.14. The Hall–Kier alpha value is -0.910. The van der Waals surface area contributed by atoms with Gasteiger partial charge in [-0.15, -0.1) is 0 Å². The molecule has 0 saturated carbocycles. The smallest absolute Gasteiger partial charge is 0.124 e. The van der Waals surface area contributed by atoms with Crippen molar-refractivity contribution in [2.75, 3.05) is 5.73 Å². The number of aliphatic hydroxyl groups is 1. The standard InChI is InChI=1S/C14H12Br2FNO/c15-9-1-2-13(18)12(7-9)14(19)5-8-3-10(16)6-11(17)4-8/h1-4,6-7,14,19H,5,18H2. The number of benzene rings is 2. The minimum atomic E-state index is -0.772. The first-order chi connectivity index (χ1) is 8.95. The van der Waals surface area contributed by atoms with Crippen molar-refractivity contribution in [2.24, 2.45) is 0 Å². The van der Waals surface area contributed by atoms with Gasteiger partial charge in [-0.25, -0.2) is 4.39 Å². The maximum Gasteiger partial charge on any atom is 0.124 e. The summed E-state index contributed by atoms with van der Waals surface area (Å²) in [6, 6.07) is 9.87. The molecule has 1 unspecified atom stereocenters. The molecule has 2 rings (SSSR count). The Morgan fingerprint density at radius 2 is 1.84 bits per heavy atom. The summed E-state index contributed by atoms with van der Waals surface area (Å²) in [7, 11) is 0. The lowest BCUT2D eigenvalue weighted by Crippen LogP contribution is -2.05. The van der Waals surface area contributed by atoms with Gasteiger partial charge in [0.1, 0.15) is 5.82 Å². The molecule has 0 aliphatic heterocycles. The Labute approximate surface area is 127 Å². The van der Waals surface area contributed by atoms with Gasteiger partial charge in [-0.3, -0.25) is 0 Å². The summed E-state index contributed by atoms with van der Waals surface area (Å²) < 4.78 is 14.8. The van der Waals surface area contributed by atoms with Crippen molar-refractivity contribution in [3.05, 3.63) is 62.3 Å². The van der Waals surface area contributed by atoms with E-state index < -0.39 is 6.10 Å². The van der Waals surface area contributed by atoms with Gasteiger partial charge < -0.3 is 10.8 Å². The van der Waals surface area contributed by atoms with Gasteiger partial charge >= 0.3 is 0 Å². The molecule has 100 valence electrons. The van der Waals surface area contributed by atoms with Gasteiger partial charge in [0.05, 0.1) is 6.10 Å². The van der Waals surface area contributed by atoms with Crippen LogP contribution in [0.3, 0.4) is 0 Å². The number of halogens is 3. The monoisotopic (exact) mass is 387 g/mol. The van der Waals surface area contributed by atoms with Crippen molar-refractivity contribution in [3.8, 4) is 0 Å². The average Bonchev–Trinajstić information content (AvgIpc) is 2.30. The van der Waals surface area contributed by atoms with Gasteiger partial charge in [-0.1, -0.05) is 31.9 Å². The Bertz CT molecular complexity index is 584. The lowest BCUT2D eigenvalue weighted by atomic mass is 10.00. The Morgan fingerprint density at radius 1 is 1.11 bits per heavy atom. The highest BCUT2D eigenvalue weighted by Gasteiger charge is 2.13. The maximum atomic E-state index is 13.3. The summed E-state index contributed by atoms with van der Waals surface area (Å²) in [5.74, 6) is -0.334. The van der Waals surface area contributed by atoms with Crippen LogP contribution in [0.5, 0.6) is 0 Å². The van der Waals surface area contributed by atoms with Crippen LogP contribution in [0.15, 0.2) is 45.3 Å². The van der Waals surface area contributed by atoms with E-state index in [2.05, 4.69) is 31.9 Å². The second kappa shape index (κ2) is 6.03. The predicted molar refractivity (Wildman–Crippen MR) is 81.3 cm³/mol. The first kappa shape index (κ1) is 14.5. The zero-order valence-electron chi connectivity index (χ0n) is 9.91. The summed E-state index contributed by atoms with van der Waals surface area (Å²) in [5, 5.41) is 10.2. The van der Waals surface area contributed by atoms with Crippen LogP contribution < -0.4 is 5.73 Å². The number of aliphatic hydroxyl groups excluding tert-OH is 1. The number of nitrogens with two attached hydrogens (primary N) is 1. The third-order valence-corrected chi connectivity index (χ3v) is 3.71. The number of nitrogen functional groups attached to an aromatic ring is 1. The first-order valence-electron chi connectivity index (χ1n) is 5.63. The molecule has 0 spiro atoms. The molecule has 0 aromatic heterocycles. The van der Waals surface area contributed by atoms with Crippen LogP contribution in [-0.4, -0.2) is 5.11 Å².